The summed E-state index contributed by atoms with van der Waals surface area (Å²) >= 11 is 1.45. The largest absolute Gasteiger partial charge is 0.321 e. The third-order valence-electron chi connectivity index (χ3n) is 4.49. The predicted octanol–water partition coefficient (Wildman–Crippen LogP) is 3.84. The SMILES string of the molecule is Cc1cc(C(=O)Nc2ccc(S(=O)(=O)NC3CCCC3)cc2)sc1C. The Balaban J connectivity index is 1.68. The van der Waals surface area contributed by atoms with Gasteiger partial charge in [-0.25, -0.2) is 13.1 Å². The van der Waals surface area contributed by atoms with Crippen molar-refractivity contribution in [3.8, 4) is 0 Å². The van der Waals surface area contributed by atoms with Crippen LogP contribution in [0.4, 0.5) is 5.69 Å². The van der Waals surface area contributed by atoms with Gasteiger partial charge in [-0.2, -0.15) is 0 Å². The summed E-state index contributed by atoms with van der Waals surface area (Å²) in [5.74, 6) is -0.180. The Morgan fingerprint density at radius 1 is 1.12 bits per heavy atom. The number of benzene rings is 1. The average Bonchev–Trinajstić information content (AvgIpc) is 3.18. The molecule has 0 unspecified atom stereocenters. The van der Waals surface area contributed by atoms with Crippen molar-refractivity contribution in [1.29, 1.82) is 0 Å². The number of amides is 1. The molecule has 2 N–H and O–H groups in total. The standard InChI is InChI=1S/C18H22N2O3S2/c1-12-11-17(24-13(12)2)18(21)19-14-7-9-16(10-8-14)25(22,23)20-15-5-3-4-6-15/h7-11,15,20H,3-6H2,1-2H3,(H,19,21). The van der Waals surface area contributed by atoms with E-state index in [4.69, 9.17) is 0 Å². The average molecular weight is 379 g/mol. The topological polar surface area (TPSA) is 75.3 Å². The lowest BCUT2D eigenvalue weighted by Crippen LogP contribution is -2.32. The zero-order chi connectivity index (χ0) is 18.0. The van der Waals surface area contributed by atoms with E-state index in [0.29, 0.717) is 10.6 Å². The Morgan fingerprint density at radius 2 is 1.76 bits per heavy atom. The lowest BCUT2D eigenvalue weighted by atomic mass is 10.2. The molecule has 1 aliphatic rings. The summed E-state index contributed by atoms with van der Waals surface area (Å²) in [6, 6.07) is 8.19. The van der Waals surface area contributed by atoms with Crippen molar-refractivity contribution in [3.05, 3.63) is 45.6 Å². The van der Waals surface area contributed by atoms with Crippen LogP contribution in [0.3, 0.4) is 0 Å². The van der Waals surface area contributed by atoms with Crippen LogP contribution in [0, 0.1) is 13.8 Å². The van der Waals surface area contributed by atoms with E-state index in [1.807, 2.05) is 19.9 Å². The second-order valence-electron chi connectivity index (χ2n) is 6.43. The van der Waals surface area contributed by atoms with Crippen LogP contribution in [0.1, 0.15) is 45.8 Å². The highest BCUT2D eigenvalue weighted by atomic mass is 32.2. The minimum atomic E-state index is -3.50. The van der Waals surface area contributed by atoms with Gasteiger partial charge in [0.15, 0.2) is 0 Å². The number of carbonyl (C=O) groups is 1. The first-order chi connectivity index (χ1) is 11.8. The van der Waals surface area contributed by atoms with Gasteiger partial charge in [0, 0.05) is 16.6 Å². The van der Waals surface area contributed by atoms with E-state index in [1.54, 1.807) is 12.1 Å². The number of rotatable bonds is 5. The summed E-state index contributed by atoms with van der Waals surface area (Å²) in [5, 5.41) is 2.81. The van der Waals surface area contributed by atoms with E-state index >= 15 is 0 Å². The first-order valence-corrected chi connectivity index (χ1v) is 10.7. The Bertz CT molecular complexity index is 845. The molecule has 0 spiro atoms. The zero-order valence-electron chi connectivity index (χ0n) is 14.3. The van der Waals surface area contributed by atoms with Gasteiger partial charge in [-0.15, -0.1) is 11.3 Å². The molecule has 3 rings (SSSR count). The lowest BCUT2D eigenvalue weighted by molar-refractivity contribution is 0.103. The molecule has 0 aliphatic heterocycles. The Kier molecular flexibility index (Phi) is 5.27. The molecule has 0 radical (unpaired) electrons. The molecule has 1 saturated carbocycles. The first-order valence-electron chi connectivity index (χ1n) is 8.36. The van der Waals surface area contributed by atoms with E-state index in [1.165, 1.54) is 23.5 Å². The highest BCUT2D eigenvalue weighted by molar-refractivity contribution is 7.89. The lowest BCUT2D eigenvalue weighted by Gasteiger charge is -2.13. The molecule has 25 heavy (non-hydrogen) atoms. The molecule has 7 heteroatoms. The summed E-state index contributed by atoms with van der Waals surface area (Å²) in [5.41, 5.74) is 1.67. The molecule has 5 nitrogen and oxygen atoms in total. The molecular weight excluding hydrogens is 356 g/mol. The minimum Gasteiger partial charge on any atom is -0.321 e. The number of sulfonamides is 1. The van der Waals surface area contributed by atoms with Crippen LogP contribution in [0.25, 0.3) is 0 Å². The summed E-state index contributed by atoms with van der Waals surface area (Å²) in [6.45, 7) is 3.95. The minimum absolute atomic E-state index is 0.0367. The Morgan fingerprint density at radius 3 is 2.32 bits per heavy atom. The predicted molar refractivity (Wildman–Crippen MR) is 101 cm³/mol. The molecular formula is C18H22N2O3S2. The van der Waals surface area contributed by atoms with Gasteiger partial charge in [-0.3, -0.25) is 4.79 Å². The molecule has 0 bridgehead atoms. The zero-order valence-corrected chi connectivity index (χ0v) is 16.0. The maximum absolute atomic E-state index is 12.4. The summed E-state index contributed by atoms with van der Waals surface area (Å²) in [7, 11) is -3.50. The molecule has 0 atom stereocenters. The van der Waals surface area contributed by atoms with Gasteiger partial charge in [0.1, 0.15) is 0 Å². The number of anilines is 1. The van der Waals surface area contributed by atoms with Crippen molar-refractivity contribution in [2.75, 3.05) is 5.32 Å². The Labute approximate surface area is 152 Å². The van der Waals surface area contributed by atoms with E-state index < -0.39 is 10.0 Å². The number of aryl methyl sites for hydroxylation is 2. The molecule has 1 heterocycles. The monoisotopic (exact) mass is 378 g/mol. The summed E-state index contributed by atoms with van der Waals surface area (Å²) in [4.78, 5) is 14.2. The van der Waals surface area contributed by atoms with E-state index in [-0.39, 0.29) is 16.8 Å². The Hall–Kier alpha value is -1.70. The molecule has 1 aromatic carbocycles. The van der Waals surface area contributed by atoms with E-state index in [0.717, 1.165) is 36.1 Å². The summed E-state index contributed by atoms with van der Waals surface area (Å²) < 4.78 is 27.5. The highest BCUT2D eigenvalue weighted by Gasteiger charge is 2.22. The maximum Gasteiger partial charge on any atom is 0.265 e. The first kappa shape index (κ1) is 18.1. The van der Waals surface area contributed by atoms with Crippen LogP contribution in [0.15, 0.2) is 35.2 Å². The molecule has 0 saturated heterocycles. The van der Waals surface area contributed by atoms with Gasteiger partial charge >= 0.3 is 0 Å². The normalized spacial score (nSPS) is 15.4. The fraction of sp³-hybridized carbons (Fsp3) is 0.389. The molecule has 2 aromatic rings. The smallest absolute Gasteiger partial charge is 0.265 e. The number of nitrogens with one attached hydrogen (secondary N) is 2. The molecule has 1 aromatic heterocycles. The second-order valence-corrected chi connectivity index (χ2v) is 9.40. The quantitative estimate of drug-likeness (QED) is 0.830. The van der Waals surface area contributed by atoms with Gasteiger partial charge in [-0.05, 0) is 62.6 Å². The number of hydrogen-bond acceptors (Lipinski definition) is 4. The van der Waals surface area contributed by atoms with Crippen LogP contribution >= 0.6 is 11.3 Å². The number of carbonyl (C=O) groups excluding carboxylic acids is 1. The van der Waals surface area contributed by atoms with Crippen molar-refractivity contribution < 1.29 is 13.2 Å². The third kappa shape index (κ3) is 4.29. The molecule has 1 amide bonds. The van der Waals surface area contributed by atoms with Crippen molar-refractivity contribution in [3.63, 3.8) is 0 Å². The van der Waals surface area contributed by atoms with E-state index in [9.17, 15) is 13.2 Å². The van der Waals surface area contributed by atoms with Crippen LogP contribution in [0.2, 0.25) is 0 Å². The van der Waals surface area contributed by atoms with Crippen molar-refractivity contribution in [2.24, 2.45) is 0 Å². The van der Waals surface area contributed by atoms with Crippen LogP contribution < -0.4 is 10.0 Å². The fourth-order valence-electron chi connectivity index (χ4n) is 2.93. The molecule has 1 fully saturated rings. The van der Waals surface area contributed by atoms with Crippen LogP contribution in [-0.4, -0.2) is 20.4 Å². The number of hydrogen-bond donors (Lipinski definition) is 2. The van der Waals surface area contributed by atoms with Crippen molar-refractivity contribution in [2.45, 2.75) is 50.5 Å². The van der Waals surface area contributed by atoms with E-state index in [2.05, 4.69) is 10.0 Å². The van der Waals surface area contributed by atoms with Gasteiger partial charge < -0.3 is 5.32 Å². The van der Waals surface area contributed by atoms with Crippen molar-refractivity contribution >= 4 is 33.0 Å². The molecule has 134 valence electrons. The van der Waals surface area contributed by atoms with Gasteiger partial charge in [0.2, 0.25) is 10.0 Å². The summed E-state index contributed by atoms with van der Waals surface area (Å²) in [6.07, 6.45) is 3.93. The van der Waals surface area contributed by atoms with Crippen LogP contribution in [-0.2, 0) is 10.0 Å². The second kappa shape index (κ2) is 7.27. The molecule has 1 aliphatic carbocycles. The maximum atomic E-state index is 12.4. The number of thiophene rings is 1. The fourth-order valence-corrected chi connectivity index (χ4v) is 5.16. The third-order valence-corrected chi connectivity index (χ3v) is 7.18. The van der Waals surface area contributed by atoms with Gasteiger partial charge in [-0.1, -0.05) is 12.8 Å². The van der Waals surface area contributed by atoms with Gasteiger partial charge in [0.05, 0.1) is 9.77 Å². The van der Waals surface area contributed by atoms with Gasteiger partial charge in [0.25, 0.3) is 5.91 Å². The highest BCUT2D eigenvalue weighted by Crippen LogP contribution is 2.23. The van der Waals surface area contributed by atoms with Crippen LogP contribution in [0.5, 0.6) is 0 Å². The van der Waals surface area contributed by atoms with Crippen molar-refractivity contribution in [1.82, 2.24) is 4.72 Å².